The molecule has 6 heterocycles. The second kappa shape index (κ2) is 47.4. The Kier molecular flexibility index (Phi) is 33.7. The number of aromatic nitrogens is 1. The number of benzene rings is 14. The van der Waals surface area contributed by atoms with Gasteiger partial charge in [0.1, 0.15) is 57.5 Å². The number of aryl methyl sites for hydroxylation is 1. The van der Waals surface area contributed by atoms with E-state index >= 15 is 0 Å². The number of methoxy groups -OCH3 is 3. The van der Waals surface area contributed by atoms with Crippen LogP contribution in [-0.4, -0.2) is 145 Å². The summed E-state index contributed by atoms with van der Waals surface area (Å²) in [4.78, 5) is 28.5. The molecule has 0 radical (unpaired) electrons. The molecule has 38 heteroatoms. The molecule has 0 saturated carbocycles. The molecular weight excluding hydrogens is 2260 g/mol. The minimum Gasteiger partial charge on any atom is -0.508 e. The van der Waals surface area contributed by atoms with E-state index in [0.717, 1.165) is 117 Å². The predicted molar refractivity (Wildman–Crippen MR) is 588 cm³/mol. The first-order valence-corrected chi connectivity index (χ1v) is 51.0. The molecule has 2 amide bonds. The second-order valence-corrected chi connectivity index (χ2v) is 39.3. The van der Waals surface area contributed by atoms with Crippen LogP contribution in [0.15, 0.2) is 327 Å². The van der Waals surface area contributed by atoms with Crippen molar-refractivity contribution in [3.05, 3.63) is 363 Å². The fourth-order valence-corrected chi connectivity index (χ4v) is 20.1. The second-order valence-electron chi connectivity index (χ2n) is 33.9. The van der Waals surface area contributed by atoms with Crippen molar-refractivity contribution >= 4 is 165 Å². The molecule has 13 N–H and O–H groups in total. The summed E-state index contributed by atoms with van der Waals surface area (Å²) in [5.74, 6) is 5.40. The lowest BCUT2D eigenvalue weighted by Crippen LogP contribution is -2.31. The molecule has 5 unspecified atom stereocenters. The van der Waals surface area contributed by atoms with Crippen molar-refractivity contribution in [3.63, 3.8) is 0 Å². The van der Waals surface area contributed by atoms with Gasteiger partial charge in [-0.25, -0.2) is 25.0 Å². The van der Waals surface area contributed by atoms with Gasteiger partial charge in [0.05, 0.1) is 110 Å². The molecule has 15 aromatic rings. The largest absolute Gasteiger partial charge is 0.508 e. The van der Waals surface area contributed by atoms with E-state index in [-0.39, 0.29) is 98.7 Å². The van der Waals surface area contributed by atoms with Gasteiger partial charge in [-0.3, -0.25) is 9.59 Å². The van der Waals surface area contributed by atoms with Crippen LogP contribution in [-0.2, 0) is 9.59 Å². The van der Waals surface area contributed by atoms with Gasteiger partial charge < -0.3 is 95.4 Å². The predicted octanol–water partition coefficient (Wildman–Crippen LogP) is 25.2. The van der Waals surface area contributed by atoms with Crippen LogP contribution in [0.2, 0.25) is 0 Å². The number of rotatable bonds is 23. The Morgan fingerprint density at radius 3 is 1.37 bits per heavy atom. The fourth-order valence-electron chi connectivity index (χ4n) is 16.5. The van der Waals surface area contributed by atoms with Crippen LogP contribution >= 0.6 is 103 Å². The maximum atomic E-state index is 12.1. The number of ether oxygens (including phenoxy) is 7. The van der Waals surface area contributed by atoms with Crippen LogP contribution in [0.25, 0.3) is 10.2 Å². The maximum absolute atomic E-state index is 12.1. The summed E-state index contributed by atoms with van der Waals surface area (Å²) in [5.41, 5.74) is 23.6. The number of phenols is 10. The number of aromatic hydroxyl groups is 10. The monoisotopic (exact) mass is 2350 g/mol. The minimum atomic E-state index is -0.384. The number of phenolic OH excluding ortho intramolecular Hbond substituents is 10. The highest BCUT2D eigenvalue weighted by Gasteiger charge is 2.38. The average Bonchev–Trinajstić information content (AvgIpc) is 1.63. The Morgan fingerprint density at radius 2 is 0.865 bits per heavy atom. The topological polar surface area (TPSA) is 427 Å². The number of carbonyl (C=O) groups is 2. The number of para-hydroxylation sites is 1. The van der Waals surface area contributed by atoms with Crippen LogP contribution < -0.4 is 49.3 Å². The molecule has 0 fully saturated rings. The maximum Gasteiger partial charge on any atom is 0.240 e. The van der Waals surface area contributed by atoms with Crippen molar-refractivity contribution in [2.24, 2.45) is 31.2 Å². The van der Waals surface area contributed by atoms with Gasteiger partial charge in [0.25, 0.3) is 0 Å². The number of hydrogen-bond acceptors (Lipinski definition) is 29. The third kappa shape index (κ3) is 24.7. The third-order valence-corrected chi connectivity index (χ3v) is 30.3. The molecule has 148 heavy (non-hydrogen) atoms. The number of thiazole rings is 1. The van der Waals surface area contributed by atoms with E-state index in [4.69, 9.17) is 61.2 Å². The van der Waals surface area contributed by atoms with Gasteiger partial charge in [0.15, 0.2) is 62.6 Å². The molecule has 0 spiro atoms. The first-order chi connectivity index (χ1) is 71.3. The van der Waals surface area contributed by atoms with E-state index in [1.165, 1.54) is 65.0 Å². The standard InChI is InChI=1S/C24H22N2O4.C23H20Br2N2O4.C23H19BrN2O5.C23H19N3O3S.C17H15Br2N3O3S/c1-15-3-8-19(9-4-15)30-20-10-5-17(6-11-20)21-14-22(26(25-21)16(2)27)18-7-12-23(28)24(29)13-18;1-2-30-14-7-9-16(10-8-14)31-15-5-3-13(4-6-15)18-12-19(27-26-18)17-11-20(28)23(29)22(25)21(17)24;1-30-16-6-8-18(9-7-16)31-17-4-2-14(3-5-17)20-12-21(26(13-27)25-20)15-10-19(24)23(29)22(28)11-15;1-29-21-12-15(8-11-20(21)28)19-13-18(14-6-9-16(27)10-7-14)25-26(19)23-24-17-4-2-3-5-22(17)30-23;1-25-9-4-2-8(3-5-9)11-7-12(22(21-11)17(20)26)10-6-13(23)16(24)15(19)14(10)18/h3-13,22,28-29H,14H2,1-2H3;3-11,19,27-29H,2,12H2,1H3;2-11,13,21,28-29H,12H2,1H3;2-12,19,27-28H,13H2,1H3;2-6,12,23-24H,7H2,1H3,(H2,20,26). The molecule has 5 aliphatic heterocycles. The molecule has 31 nitrogen and oxygen atoms in total. The molecule has 20 rings (SSSR count). The van der Waals surface area contributed by atoms with Gasteiger partial charge in [-0.2, -0.15) is 25.5 Å². The summed E-state index contributed by atoms with van der Waals surface area (Å²) in [6.45, 7) is 6.06. The van der Waals surface area contributed by atoms with E-state index in [9.17, 15) is 60.7 Å². The third-order valence-electron chi connectivity index (χ3n) is 24.2. The van der Waals surface area contributed by atoms with Gasteiger partial charge in [0.2, 0.25) is 17.4 Å². The molecule has 0 aliphatic carbocycles. The molecular formula is C110H95Br5N12O19S2. The molecule has 5 aliphatic rings. The van der Waals surface area contributed by atoms with Crippen LogP contribution in [0.1, 0.15) is 137 Å². The lowest BCUT2D eigenvalue weighted by molar-refractivity contribution is -0.130. The summed E-state index contributed by atoms with van der Waals surface area (Å²) in [6.07, 6.45) is 3.44. The van der Waals surface area contributed by atoms with E-state index in [0.29, 0.717) is 107 Å². The highest BCUT2D eigenvalue weighted by molar-refractivity contribution is 9.13. The zero-order valence-corrected chi connectivity index (χ0v) is 89.2. The Morgan fingerprint density at radius 1 is 0.432 bits per heavy atom. The number of nitrogens with one attached hydrogen (secondary N) is 1. The molecule has 5 atom stereocenters. The number of anilines is 1. The van der Waals surface area contributed by atoms with Crippen LogP contribution in [0.3, 0.4) is 0 Å². The highest BCUT2D eigenvalue weighted by Crippen LogP contribution is 2.51. The zero-order valence-electron chi connectivity index (χ0n) is 79.7. The molecule has 756 valence electrons. The lowest BCUT2D eigenvalue weighted by atomic mass is 9.98. The van der Waals surface area contributed by atoms with E-state index < -0.39 is 0 Å². The van der Waals surface area contributed by atoms with Crippen molar-refractivity contribution in [1.82, 2.24) is 25.4 Å². The summed E-state index contributed by atoms with van der Waals surface area (Å²) >= 11 is 23.4. The van der Waals surface area contributed by atoms with Crippen molar-refractivity contribution in [2.45, 2.75) is 83.1 Å². The van der Waals surface area contributed by atoms with E-state index in [1.807, 2.05) is 231 Å². The summed E-state index contributed by atoms with van der Waals surface area (Å²) in [5, 5.41) is 128. The highest BCUT2D eigenvalue weighted by atomic mass is 79.9. The summed E-state index contributed by atoms with van der Waals surface area (Å²) < 4.78 is 42.2. The van der Waals surface area contributed by atoms with E-state index in [2.05, 4.69) is 112 Å². The number of amides is 2. The number of nitrogens with two attached hydrogens (primary N) is 1. The van der Waals surface area contributed by atoms with Gasteiger partial charge in [0, 0.05) is 48.0 Å². The zero-order chi connectivity index (χ0) is 105. The van der Waals surface area contributed by atoms with Crippen molar-refractivity contribution in [1.29, 1.82) is 0 Å². The number of halogens is 5. The minimum absolute atomic E-state index is 0.0936. The number of nitrogens with zero attached hydrogens (tertiary/aromatic N) is 10. The Bertz CT molecular complexity index is 7520. The fraction of sp³-hybridized carbons (Fsp3) is 0.155. The number of hydrogen-bond donors (Lipinski definition) is 12. The number of thiocarbonyl (C=S) groups is 1. The van der Waals surface area contributed by atoms with Gasteiger partial charge in [-0.1, -0.05) is 53.3 Å². The molecule has 0 bridgehead atoms. The average molecular weight is 2350 g/mol. The van der Waals surface area contributed by atoms with E-state index in [1.54, 1.807) is 55.9 Å². The summed E-state index contributed by atoms with van der Waals surface area (Å²) in [6, 6.07) is 82.8. The van der Waals surface area contributed by atoms with Crippen LogP contribution in [0.5, 0.6) is 115 Å². The van der Waals surface area contributed by atoms with Gasteiger partial charge >= 0.3 is 0 Å². The van der Waals surface area contributed by atoms with Crippen LogP contribution in [0.4, 0.5) is 5.13 Å². The van der Waals surface area contributed by atoms with Crippen molar-refractivity contribution < 1.29 is 93.8 Å². The molecule has 0 saturated heterocycles. The Labute approximate surface area is 901 Å². The first kappa shape index (κ1) is 105. The molecule has 14 aromatic carbocycles. The Hall–Kier alpha value is -15.5. The molecule has 1 aromatic heterocycles. The smallest absolute Gasteiger partial charge is 0.240 e. The normalized spacial score (nSPS) is 15.8. The Balaban J connectivity index is 0.000000132. The number of hydrazone groups is 5. The SMILES string of the molecule is CC(=O)N1N=C(c2ccc(Oc3ccc(C)cc3)cc2)CC1c1ccc(O)c(O)c1.CCOc1ccc(Oc2ccc(C3=NNC(c4cc(O)c(O)c(Br)c4Br)C3)cc2)cc1.COc1cc(C2CC(c3ccc(O)cc3)=NN2c2nc3ccccc3s2)ccc1O.COc1ccc(C2=NN(C(N)=S)C(c3cc(O)c(O)c(Br)c3Br)C2)cc1.COc1ccc(Oc2ccc(C3=NN(C=O)C(c4cc(O)c(O)c(Br)c4)C3)cc2)cc1. The lowest BCUT2D eigenvalue weighted by Gasteiger charge is -2.23. The first-order valence-electron chi connectivity index (χ1n) is 45.8. The van der Waals surface area contributed by atoms with Gasteiger partial charge in [-0.05, 0) is 404 Å². The van der Waals surface area contributed by atoms with Crippen molar-refractivity contribution in [2.75, 3.05) is 32.9 Å². The van der Waals surface area contributed by atoms with Crippen molar-refractivity contribution in [3.8, 4) is 115 Å². The number of fused-ring (bicyclic) bond motifs is 1. The summed E-state index contributed by atoms with van der Waals surface area (Å²) in [7, 11) is 4.76. The number of carbonyl (C=O) groups excluding carboxylic acids is 2. The van der Waals surface area contributed by atoms with Crippen LogP contribution in [0, 0.1) is 6.92 Å². The van der Waals surface area contributed by atoms with Gasteiger partial charge in [-0.15, -0.1) is 0 Å². The quantitative estimate of drug-likeness (QED) is 0.0161.